The molecule has 0 aliphatic heterocycles. The van der Waals surface area contributed by atoms with E-state index in [1.54, 1.807) is 7.11 Å². The van der Waals surface area contributed by atoms with Crippen molar-refractivity contribution < 1.29 is 4.74 Å². The Hall–Kier alpha value is -0.991. The molecule has 0 radical (unpaired) electrons. The summed E-state index contributed by atoms with van der Waals surface area (Å²) in [4.78, 5) is 11.8. The summed E-state index contributed by atoms with van der Waals surface area (Å²) in [6.07, 6.45) is 0. The van der Waals surface area contributed by atoms with Crippen molar-refractivity contribution in [3.63, 3.8) is 0 Å². The molecule has 0 bridgehead atoms. The third kappa shape index (κ3) is 1.41. The van der Waals surface area contributed by atoms with Crippen LogP contribution >= 0.6 is 0 Å². The van der Waals surface area contributed by atoms with Crippen molar-refractivity contribution in [1.29, 1.82) is 0 Å². The maximum absolute atomic E-state index is 11.8. The van der Waals surface area contributed by atoms with E-state index in [9.17, 15) is 4.79 Å². The third-order valence-corrected chi connectivity index (χ3v) is 4.65. The monoisotopic (exact) mass is 257 g/mol. The molecule has 0 atom stereocenters. The zero-order chi connectivity index (χ0) is 10.1. The van der Waals surface area contributed by atoms with Gasteiger partial charge in [0.2, 0.25) is 0 Å². The number of hydrogen-bond donors (Lipinski definition) is 0. The predicted molar refractivity (Wildman–Crippen MR) is 57.4 cm³/mol. The minimum atomic E-state index is 0.140. The molecule has 0 aliphatic carbocycles. The van der Waals surface area contributed by atoms with Gasteiger partial charge in [-0.15, -0.1) is 0 Å². The number of rotatable bonds is 2. The van der Waals surface area contributed by atoms with Crippen molar-refractivity contribution in [2.45, 2.75) is 13.5 Å². The average molecular weight is 256 g/mol. The van der Waals surface area contributed by atoms with E-state index in [1.165, 1.54) is 0 Å². The van der Waals surface area contributed by atoms with Crippen LogP contribution in [0.3, 0.4) is 0 Å². The third-order valence-electron chi connectivity index (χ3n) is 2.14. The van der Waals surface area contributed by atoms with Gasteiger partial charge in [0.25, 0.3) is 0 Å². The average Bonchev–Trinajstić information content (AvgIpc) is 2.55. The minimum absolute atomic E-state index is 0.140. The Morgan fingerprint density at radius 2 is 2.29 bits per heavy atom. The van der Waals surface area contributed by atoms with Crippen LogP contribution in [0.25, 0.3) is 9.65 Å². The van der Waals surface area contributed by atoms with Gasteiger partial charge in [-0.1, -0.05) is 0 Å². The molecule has 0 N–H and O–H groups in total. The molecule has 0 saturated heterocycles. The second-order valence-corrected chi connectivity index (χ2v) is 5.18. The van der Waals surface area contributed by atoms with Gasteiger partial charge in [0.15, 0.2) is 0 Å². The van der Waals surface area contributed by atoms with Crippen molar-refractivity contribution in [2.75, 3.05) is 7.11 Å². The molecule has 2 aromatic rings. The van der Waals surface area contributed by atoms with Crippen LogP contribution in [0.2, 0.25) is 0 Å². The van der Waals surface area contributed by atoms with Crippen molar-refractivity contribution >= 4 is 24.4 Å². The first-order chi connectivity index (χ1) is 6.76. The quantitative estimate of drug-likeness (QED) is 0.753. The summed E-state index contributed by atoms with van der Waals surface area (Å²) in [5.74, 6) is 0.755. The van der Waals surface area contributed by atoms with Crippen molar-refractivity contribution in [1.82, 2.24) is 3.56 Å². The van der Waals surface area contributed by atoms with Crippen molar-refractivity contribution in [3.05, 3.63) is 28.6 Å². The molecule has 1 aromatic heterocycles. The van der Waals surface area contributed by atoms with Gasteiger partial charge in [-0.05, 0) is 0 Å². The van der Waals surface area contributed by atoms with Crippen molar-refractivity contribution in [2.24, 2.45) is 0 Å². The van der Waals surface area contributed by atoms with Gasteiger partial charge < -0.3 is 0 Å². The number of aromatic nitrogens is 1. The van der Waals surface area contributed by atoms with E-state index in [0.717, 1.165) is 21.9 Å². The summed E-state index contributed by atoms with van der Waals surface area (Å²) in [5.41, 5.74) is 0.140. The Kier molecular flexibility index (Phi) is 2.48. The Labute approximate surface area is 87.9 Å². The van der Waals surface area contributed by atoms with Crippen LogP contribution in [0.5, 0.6) is 5.75 Å². The van der Waals surface area contributed by atoms with Crippen LogP contribution < -0.4 is 10.3 Å². The van der Waals surface area contributed by atoms with E-state index >= 15 is 0 Å². The molecule has 3 nitrogen and oxygen atoms in total. The molecule has 1 aromatic carbocycles. The fourth-order valence-electron chi connectivity index (χ4n) is 1.39. The summed E-state index contributed by atoms with van der Waals surface area (Å²) in [5, 5.41) is 0.811. The Morgan fingerprint density at radius 1 is 1.50 bits per heavy atom. The molecule has 0 saturated carbocycles. The first-order valence-electron chi connectivity index (χ1n) is 4.44. The normalized spacial score (nSPS) is 10.7. The molecular formula is C10H11NO2Se. The number of hydrogen-bond acceptors (Lipinski definition) is 2. The molecule has 1 heterocycles. The van der Waals surface area contributed by atoms with Crippen LogP contribution in [0.1, 0.15) is 6.92 Å². The van der Waals surface area contributed by atoms with Gasteiger partial charge in [-0.3, -0.25) is 0 Å². The van der Waals surface area contributed by atoms with E-state index in [-0.39, 0.29) is 20.3 Å². The number of methoxy groups -OCH3 is 1. The van der Waals surface area contributed by atoms with Crippen molar-refractivity contribution in [3.8, 4) is 5.75 Å². The summed E-state index contributed by atoms with van der Waals surface area (Å²) in [7, 11) is 1.61. The SMILES string of the molecule is CCn1[se]c2ccc(OC)cc2c1=O. The fraction of sp³-hybridized carbons (Fsp3) is 0.300. The molecule has 0 unspecified atom stereocenters. The fourth-order valence-corrected chi connectivity index (χ4v) is 3.32. The molecule has 0 amide bonds. The van der Waals surface area contributed by atoms with Gasteiger partial charge >= 0.3 is 87.6 Å². The molecule has 0 aliphatic rings. The molecule has 0 spiro atoms. The van der Waals surface area contributed by atoms with Gasteiger partial charge in [-0.2, -0.15) is 0 Å². The topological polar surface area (TPSA) is 31.2 Å². The van der Waals surface area contributed by atoms with E-state index in [1.807, 2.05) is 28.7 Å². The number of fused-ring (bicyclic) bond motifs is 1. The molecule has 0 fully saturated rings. The van der Waals surface area contributed by atoms with Crippen LogP contribution in [-0.2, 0) is 6.54 Å². The molecule has 4 heteroatoms. The van der Waals surface area contributed by atoms with E-state index < -0.39 is 0 Å². The van der Waals surface area contributed by atoms with Gasteiger partial charge in [0.05, 0.1) is 0 Å². The van der Waals surface area contributed by atoms with E-state index in [4.69, 9.17) is 4.74 Å². The van der Waals surface area contributed by atoms with Gasteiger partial charge in [0.1, 0.15) is 0 Å². The Balaban J connectivity index is 2.74. The second-order valence-electron chi connectivity index (χ2n) is 2.95. The van der Waals surface area contributed by atoms with E-state index in [2.05, 4.69) is 0 Å². The summed E-state index contributed by atoms with van der Waals surface area (Å²) < 4.78 is 8.14. The predicted octanol–water partition coefficient (Wildman–Crippen LogP) is 1.09. The van der Waals surface area contributed by atoms with Crippen LogP contribution in [-0.4, -0.2) is 25.4 Å². The van der Waals surface area contributed by atoms with Crippen LogP contribution in [0.4, 0.5) is 0 Å². The number of benzene rings is 1. The zero-order valence-corrected chi connectivity index (χ0v) is 9.82. The number of nitrogens with zero attached hydrogens (tertiary/aromatic N) is 1. The first kappa shape index (κ1) is 9.56. The first-order valence-corrected chi connectivity index (χ1v) is 6.06. The van der Waals surface area contributed by atoms with Gasteiger partial charge in [-0.25, -0.2) is 0 Å². The van der Waals surface area contributed by atoms with Gasteiger partial charge in [0, 0.05) is 0 Å². The summed E-state index contributed by atoms with van der Waals surface area (Å²) in [6.45, 7) is 2.79. The van der Waals surface area contributed by atoms with E-state index in [0.29, 0.717) is 0 Å². The number of aryl methyl sites for hydroxylation is 1. The molecular weight excluding hydrogens is 245 g/mol. The summed E-state index contributed by atoms with van der Waals surface area (Å²) in [6, 6.07) is 5.73. The standard InChI is InChI=1S/C10H11NO2Se/c1-3-11-10(12)8-6-7(13-2)4-5-9(8)14-11/h4-6H,3H2,1-2H3. The molecule has 14 heavy (non-hydrogen) atoms. The maximum atomic E-state index is 11.8. The molecule has 2 rings (SSSR count). The summed E-state index contributed by atoms with van der Waals surface area (Å²) >= 11 is 0.160. The van der Waals surface area contributed by atoms with Crippen LogP contribution in [0.15, 0.2) is 23.0 Å². The van der Waals surface area contributed by atoms with Crippen LogP contribution in [0, 0.1) is 0 Å². The second kappa shape index (κ2) is 3.64. The number of ether oxygens (including phenoxy) is 1. The zero-order valence-electron chi connectivity index (χ0n) is 8.11. The Morgan fingerprint density at radius 3 is 2.93 bits per heavy atom. The molecule has 74 valence electrons. The Bertz CT molecular complexity index is 512.